The average Bonchev–Trinajstić information content (AvgIpc) is 2.46. The maximum atomic E-state index is 11.7. The summed E-state index contributed by atoms with van der Waals surface area (Å²) >= 11 is 5.72. The summed E-state index contributed by atoms with van der Waals surface area (Å²) in [6.45, 7) is 0.166. The highest BCUT2D eigenvalue weighted by atomic mass is 35.5. The van der Waals surface area contributed by atoms with Gasteiger partial charge in [-0.25, -0.2) is 9.78 Å². The van der Waals surface area contributed by atoms with Crippen molar-refractivity contribution >= 4 is 23.3 Å². The SMILES string of the molecule is O=C(NCC(O)Cc1ccccc1)Nc1ccnc(Cl)c1. The molecule has 0 spiro atoms. The van der Waals surface area contributed by atoms with Crippen molar-refractivity contribution in [3.63, 3.8) is 0 Å². The molecule has 6 heteroatoms. The van der Waals surface area contributed by atoms with E-state index in [1.807, 2.05) is 30.3 Å². The van der Waals surface area contributed by atoms with E-state index in [0.717, 1.165) is 5.56 Å². The number of carbonyl (C=O) groups is 1. The number of carbonyl (C=O) groups excluding carboxylic acids is 1. The fourth-order valence-corrected chi connectivity index (χ4v) is 2.00. The number of aliphatic hydroxyl groups excluding tert-OH is 1. The number of rotatable bonds is 5. The zero-order valence-electron chi connectivity index (χ0n) is 11.3. The van der Waals surface area contributed by atoms with E-state index in [9.17, 15) is 9.90 Å². The summed E-state index contributed by atoms with van der Waals surface area (Å²) in [6.07, 6.45) is 1.35. The first-order chi connectivity index (χ1) is 10.1. The van der Waals surface area contributed by atoms with Crippen molar-refractivity contribution in [3.05, 3.63) is 59.4 Å². The fraction of sp³-hybridized carbons (Fsp3) is 0.200. The lowest BCUT2D eigenvalue weighted by Gasteiger charge is -2.12. The number of hydrogen-bond donors (Lipinski definition) is 3. The van der Waals surface area contributed by atoms with Crippen molar-refractivity contribution in [2.45, 2.75) is 12.5 Å². The minimum atomic E-state index is -0.640. The normalized spacial score (nSPS) is 11.7. The molecule has 0 bridgehead atoms. The Morgan fingerprint density at radius 3 is 2.76 bits per heavy atom. The summed E-state index contributed by atoms with van der Waals surface area (Å²) < 4.78 is 0. The van der Waals surface area contributed by atoms with E-state index in [0.29, 0.717) is 17.3 Å². The van der Waals surface area contributed by atoms with Crippen LogP contribution in [0.1, 0.15) is 5.56 Å². The Morgan fingerprint density at radius 2 is 2.05 bits per heavy atom. The van der Waals surface area contributed by atoms with Gasteiger partial charge in [-0.1, -0.05) is 41.9 Å². The van der Waals surface area contributed by atoms with Crippen LogP contribution in [0.15, 0.2) is 48.7 Å². The molecule has 110 valence electrons. The Bertz CT molecular complexity index is 592. The number of halogens is 1. The van der Waals surface area contributed by atoms with Crippen molar-refractivity contribution in [3.8, 4) is 0 Å². The van der Waals surface area contributed by atoms with Crippen LogP contribution in [0.25, 0.3) is 0 Å². The molecule has 2 aromatic rings. The van der Waals surface area contributed by atoms with Gasteiger partial charge in [0.05, 0.1) is 6.10 Å². The lowest BCUT2D eigenvalue weighted by atomic mass is 10.1. The van der Waals surface area contributed by atoms with Gasteiger partial charge in [-0.3, -0.25) is 0 Å². The predicted molar refractivity (Wildman–Crippen MR) is 82.4 cm³/mol. The van der Waals surface area contributed by atoms with Crippen molar-refractivity contribution in [1.82, 2.24) is 10.3 Å². The number of benzene rings is 1. The van der Waals surface area contributed by atoms with Gasteiger partial charge in [0, 0.05) is 24.8 Å². The van der Waals surface area contributed by atoms with Crippen LogP contribution >= 0.6 is 11.6 Å². The molecule has 0 fully saturated rings. The molecule has 0 saturated carbocycles. The smallest absolute Gasteiger partial charge is 0.319 e. The van der Waals surface area contributed by atoms with Gasteiger partial charge < -0.3 is 15.7 Å². The third kappa shape index (κ3) is 5.41. The highest BCUT2D eigenvalue weighted by Crippen LogP contribution is 2.11. The van der Waals surface area contributed by atoms with Crippen LogP contribution in [0.2, 0.25) is 5.15 Å². The second-order valence-corrected chi connectivity index (χ2v) is 4.93. The molecule has 21 heavy (non-hydrogen) atoms. The Morgan fingerprint density at radius 1 is 1.29 bits per heavy atom. The van der Waals surface area contributed by atoms with Gasteiger partial charge in [-0.15, -0.1) is 0 Å². The van der Waals surface area contributed by atoms with E-state index in [-0.39, 0.29) is 6.54 Å². The number of amides is 2. The molecule has 0 aliphatic heterocycles. The molecule has 0 aliphatic carbocycles. The predicted octanol–water partition coefficient (Wildman–Crippen LogP) is 2.46. The van der Waals surface area contributed by atoms with E-state index in [2.05, 4.69) is 15.6 Å². The lowest BCUT2D eigenvalue weighted by Crippen LogP contribution is -2.36. The van der Waals surface area contributed by atoms with E-state index in [1.54, 1.807) is 12.1 Å². The number of nitrogens with zero attached hydrogens (tertiary/aromatic N) is 1. The molecule has 1 aromatic carbocycles. The minimum Gasteiger partial charge on any atom is -0.391 e. The molecular weight excluding hydrogens is 290 g/mol. The Hall–Kier alpha value is -2.11. The molecule has 1 atom stereocenters. The second-order valence-electron chi connectivity index (χ2n) is 4.55. The van der Waals surface area contributed by atoms with E-state index < -0.39 is 12.1 Å². The number of nitrogens with one attached hydrogen (secondary N) is 2. The third-order valence-corrected chi connectivity index (χ3v) is 3.00. The summed E-state index contributed by atoms with van der Waals surface area (Å²) in [4.78, 5) is 15.5. The largest absolute Gasteiger partial charge is 0.391 e. The molecule has 5 nitrogen and oxygen atoms in total. The van der Waals surface area contributed by atoms with Crippen molar-refractivity contribution < 1.29 is 9.90 Å². The number of urea groups is 1. The van der Waals surface area contributed by atoms with Gasteiger partial charge in [-0.05, 0) is 17.7 Å². The van der Waals surface area contributed by atoms with Crippen LogP contribution in [0.4, 0.5) is 10.5 Å². The van der Waals surface area contributed by atoms with Crippen molar-refractivity contribution in [1.29, 1.82) is 0 Å². The summed E-state index contributed by atoms with van der Waals surface area (Å²) in [5.74, 6) is 0. The topological polar surface area (TPSA) is 74.2 Å². The number of hydrogen-bond acceptors (Lipinski definition) is 3. The van der Waals surface area contributed by atoms with Crippen LogP contribution in [0.5, 0.6) is 0 Å². The number of pyridine rings is 1. The molecule has 2 amide bonds. The minimum absolute atomic E-state index is 0.166. The van der Waals surface area contributed by atoms with Crippen LogP contribution in [-0.4, -0.2) is 28.8 Å². The zero-order chi connectivity index (χ0) is 15.1. The summed E-state index contributed by atoms with van der Waals surface area (Å²) in [6, 6.07) is 12.4. The van der Waals surface area contributed by atoms with Gasteiger partial charge in [0.25, 0.3) is 0 Å². The molecule has 1 aromatic heterocycles. The Balaban J connectivity index is 1.76. The summed E-state index contributed by atoms with van der Waals surface area (Å²) in [5, 5.41) is 15.4. The van der Waals surface area contributed by atoms with Crippen molar-refractivity contribution in [2.24, 2.45) is 0 Å². The molecule has 1 heterocycles. The maximum Gasteiger partial charge on any atom is 0.319 e. The first kappa shape index (κ1) is 15.3. The number of anilines is 1. The Labute approximate surface area is 128 Å². The number of aromatic nitrogens is 1. The van der Waals surface area contributed by atoms with Gasteiger partial charge >= 0.3 is 6.03 Å². The van der Waals surface area contributed by atoms with Crippen LogP contribution in [-0.2, 0) is 6.42 Å². The fourth-order valence-electron chi connectivity index (χ4n) is 1.82. The second kappa shape index (κ2) is 7.61. The van der Waals surface area contributed by atoms with Gasteiger partial charge in [0.2, 0.25) is 0 Å². The monoisotopic (exact) mass is 305 g/mol. The Kier molecular flexibility index (Phi) is 5.54. The van der Waals surface area contributed by atoms with Crippen LogP contribution in [0, 0.1) is 0 Å². The molecular formula is C15H16ClN3O2. The maximum absolute atomic E-state index is 11.7. The zero-order valence-corrected chi connectivity index (χ0v) is 12.0. The first-order valence-corrected chi connectivity index (χ1v) is 6.89. The average molecular weight is 306 g/mol. The van der Waals surface area contributed by atoms with E-state index >= 15 is 0 Å². The van der Waals surface area contributed by atoms with Gasteiger partial charge in [0.1, 0.15) is 5.15 Å². The van der Waals surface area contributed by atoms with Gasteiger partial charge in [0.15, 0.2) is 0 Å². The first-order valence-electron chi connectivity index (χ1n) is 6.52. The van der Waals surface area contributed by atoms with Gasteiger partial charge in [-0.2, -0.15) is 0 Å². The molecule has 0 saturated heterocycles. The number of aliphatic hydroxyl groups is 1. The molecule has 0 aliphatic rings. The lowest BCUT2D eigenvalue weighted by molar-refractivity contribution is 0.172. The van der Waals surface area contributed by atoms with Crippen molar-refractivity contribution in [2.75, 3.05) is 11.9 Å². The summed E-state index contributed by atoms with van der Waals surface area (Å²) in [5.41, 5.74) is 1.57. The highest BCUT2D eigenvalue weighted by Gasteiger charge is 2.08. The molecule has 1 unspecified atom stereocenters. The third-order valence-electron chi connectivity index (χ3n) is 2.80. The molecule has 2 rings (SSSR count). The van der Waals surface area contributed by atoms with Crippen LogP contribution in [0.3, 0.4) is 0 Å². The van der Waals surface area contributed by atoms with Crippen LogP contribution < -0.4 is 10.6 Å². The molecule has 3 N–H and O–H groups in total. The quantitative estimate of drug-likeness (QED) is 0.743. The molecule has 0 radical (unpaired) electrons. The summed E-state index contributed by atoms with van der Waals surface area (Å²) in [7, 11) is 0. The highest BCUT2D eigenvalue weighted by molar-refractivity contribution is 6.29. The van der Waals surface area contributed by atoms with E-state index in [4.69, 9.17) is 11.6 Å². The van der Waals surface area contributed by atoms with E-state index in [1.165, 1.54) is 6.20 Å². The standard InChI is InChI=1S/C15H16ClN3O2/c16-14-9-12(6-7-17-14)19-15(21)18-10-13(20)8-11-4-2-1-3-5-11/h1-7,9,13,20H,8,10H2,(H2,17,18,19,21).